The van der Waals surface area contributed by atoms with E-state index in [4.69, 9.17) is 41.2 Å². The highest BCUT2D eigenvalue weighted by Gasteiger charge is 2.29. The molecule has 1 aliphatic heterocycles. The molecule has 121 heavy (non-hydrogen) atoms. The Morgan fingerprint density at radius 3 is 1.21 bits per heavy atom. The van der Waals surface area contributed by atoms with Crippen molar-refractivity contribution in [1.82, 2.24) is 101 Å². The Morgan fingerprint density at radius 2 is 0.769 bits per heavy atom. The molecule has 25 nitrogen and oxygen atoms in total. The van der Waals surface area contributed by atoms with Crippen LogP contribution < -0.4 is 11.1 Å². The number of H-pyrrole nitrogens is 7. The molecule has 0 bridgehead atoms. The number of anilines is 1. The van der Waals surface area contributed by atoms with Crippen LogP contribution in [0.15, 0.2) is 170 Å². The van der Waals surface area contributed by atoms with Gasteiger partial charge in [-0.3, -0.25) is 51.1 Å². The highest BCUT2D eigenvalue weighted by molar-refractivity contribution is 6.13. The molecule has 0 radical (unpaired) electrons. The van der Waals surface area contributed by atoms with E-state index in [1.807, 2.05) is 92.2 Å². The predicted molar refractivity (Wildman–Crippen MR) is 479 cm³/mol. The molecule has 25 heteroatoms. The lowest BCUT2D eigenvalue weighted by Gasteiger charge is -2.22. The van der Waals surface area contributed by atoms with Gasteiger partial charge >= 0.3 is 0 Å². The SMILES string of the molecule is C1=NCc2ncc(-c3nc4ccc5[nH]ncc5c4c4c3CCCC4)cc21.N=C(N)c1ccc(-c2nc3ccc4[nH]ncc4c3c3c2CCCC3)cc1.OCCNc1nc2ccc3[nH]ncc3c2c2c1CCCC2.c1ccc2c(-c3nc4ccc5[nH]ncc5c4c4c3CCCC4)n[nH]c2c1.c1n[nH]cc1-c1nc2ccc3[nH]ncc3c2c2c1CCCC2. The molecule has 14 heterocycles. The van der Waals surface area contributed by atoms with Crippen LogP contribution in [-0.2, 0) is 70.8 Å². The monoisotopic (exact) mass is 1590 g/mol. The molecular formula is C96H86N24O. The van der Waals surface area contributed by atoms with E-state index < -0.39 is 0 Å². The van der Waals surface area contributed by atoms with Gasteiger partial charge in [-0.25, -0.2) is 24.9 Å². The van der Waals surface area contributed by atoms with Crippen molar-refractivity contribution in [1.29, 1.82) is 5.41 Å². The Morgan fingerprint density at radius 1 is 0.372 bits per heavy atom. The summed E-state index contributed by atoms with van der Waals surface area (Å²) in [6, 6.07) is 39.0. The zero-order valence-electron chi connectivity index (χ0n) is 66.7. The van der Waals surface area contributed by atoms with Gasteiger partial charge in [-0.2, -0.15) is 35.7 Å². The lowest BCUT2D eigenvalue weighted by Crippen LogP contribution is -2.14. The van der Waals surface area contributed by atoms with E-state index in [9.17, 15) is 0 Å². The molecule has 0 amide bonds. The number of fused-ring (bicyclic) bond motifs is 27. The minimum Gasteiger partial charge on any atom is -0.395 e. The molecule has 20 aromatic rings. The number of aromatic nitrogens is 20. The number of nitrogen functional groups attached to an aromatic ring is 1. The number of hydrogen-bond acceptors (Lipinski definition) is 17. The van der Waals surface area contributed by atoms with Crippen LogP contribution >= 0.6 is 0 Å². The number of benzene rings is 7. The van der Waals surface area contributed by atoms with E-state index >= 15 is 0 Å². The van der Waals surface area contributed by atoms with Gasteiger partial charge in [0.05, 0.1) is 139 Å². The molecule has 0 saturated carbocycles. The van der Waals surface area contributed by atoms with E-state index in [1.165, 1.54) is 163 Å². The van der Waals surface area contributed by atoms with Crippen LogP contribution in [0, 0.1) is 5.41 Å². The largest absolute Gasteiger partial charge is 0.395 e. The molecule has 0 spiro atoms. The van der Waals surface area contributed by atoms with Gasteiger partial charge in [0.2, 0.25) is 0 Å². The molecule has 0 atom stereocenters. The summed E-state index contributed by atoms with van der Waals surface area (Å²) < 4.78 is 0. The molecule has 6 aliphatic rings. The summed E-state index contributed by atoms with van der Waals surface area (Å²) in [4.78, 5) is 33.9. The van der Waals surface area contributed by atoms with Crippen LogP contribution in [0.1, 0.15) is 137 Å². The standard InChI is InChI=1S/2C21H17N5.C21H19N5.C17H15N5.C16H18N4O/c1-2-6-13-12(5-1)19-15-11-22-24-17(15)9-10-18(19)23-20(13)21-14-7-3-4-8-16(14)25-26-21;1-2-4-15-14(3-1)20-16-10-24-26-17(16)5-6-18(20)25-21(15)13-7-12-8-22-11-19(12)23-9-13;22-21(23)13-7-5-12(6-8-13)20-15-4-2-1-3-14(15)19-16-11-24-26-17(16)9-10-18(19)25-20;1-2-4-12-11(3-1)16-13-9-20-22-14(13)5-6-15(16)21-17(12)10-7-18-19-8-10;21-8-7-17-16-11-4-2-1-3-10(11)15-12-9-18-20-13(12)5-6-14(15)19-16/h3-4,7-11H,1-2,5-6H2,(H,22,24)(H,25,26);5-10H,1-4,11H2,(H,24,26);5-11H,1-4H2,(H3,22,23)(H,24,26);5-9H,1-4H2,(H,18,19)(H,20,22);5-6,9,21H,1-4,7-8H2,(H,17,19)(H,18,20). The van der Waals surface area contributed by atoms with Crippen LogP contribution in [-0.4, -0.2) is 132 Å². The number of aliphatic hydroxyl groups excluding tert-OH is 1. The van der Waals surface area contributed by atoms with Gasteiger partial charge in [-0.1, -0.05) is 42.5 Å². The zero-order chi connectivity index (χ0) is 80.6. The molecule has 0 saturated heterocycles. The van der Waals surface area contributed by atoms with E-state index in [0.29, 0.717) is 13.1 Å². The number of aliphatic hydroxyl groups is 1. The van der Waals surface area contributed by atoms with Gasteiger partial charge in [-0.15, -0.1) is 0 Å². The van der Waals surface area contributed by atoms with Crippen molar-refractivity contribution < 1.29 is 5.11 Å². The second-order valence-electron chi connectivity index (χ2n) is 32.6. The summed E-state index contributed by atoms with van der Waals surface area (Å²) in [6.07, 6.45) is 40.3. The van der Waals surface area contributed by atoms with Crippen molar-refractivity contribution in [2.45, 2.75) is 135 Å². The topological polar surface area (TPSA) is 373 Å². The van der Waals surface area contributed by atoms with E-state index in [-0.39, 0.29) is 12.4 Å². The highest BCUT2D eigenvalue weighted by atomic mass is 16.3. The molecule has 596 valence electrons. The van der Waals surface area contributed by atoms with E-state index in [1.54, 1.807) is 0 Å². The number of aromatic amines is 7. The third-order valence-electron chi connectivity index (χ3n) is 25.5. The third-order valence-corrected chi connectivity index (χ3v) is 25.5. The summed E-state index contributed by atoms with van der Waals surface area (Å²) in [7, 11) is 0. The Hall–Kier alpha value is -14.3. The van der Waals surface area contributed by atoms with Crippen LogP contribution in [0.2, 0.25) is 0 Å². The van der Waals surface area contributed by atoms with Gasteiger partial charge < -0.3 is 16.2 Å². The van der Waals surface area contributed by atoms with Gasteiger partial charge in [0, 0.05) is 112 Å². The third kappa shape index (κ3) is 13.0. The van der Waals surface area contributed by atoms with Crippen LogP contribution in [0.25, 0.3) is 165 Å². The van der Waals surface area contributed by atoms with E-state index in [2.05, 4.69) is 166 Å². The minimum absolute atomic E-state index is 0.0902. The van der Waals surface area contributed by atoms with Crippen molar-refractivity contribution in [2.75, 3.05) is 18.5 Å². The van der Waals surface area contributed by atoms with Gasteiger partial charge in [-0.05, 0) is 257 Å². The number of nitrogens with one attached hydrogen (secondary N) is 9. The number of nitrogens with two attached hydrogens (primary N) is 1. The van der Waals surface area contributed by atoms with Crippen molar-refractivity contribution in [3.05, 3.63) is 237 Å². The average molecular weight is 1590 g/mol. The zero-order valence-corrected chi connectivity index (χ0v) is 66.7. The second-order valence-corrected chi connectivity index (χ2v) is 32.6. The lowest BCUT2D eigenvalue weighted by molar-refractivity contribution is 0.311. The molecule has 0 fully saturated rings. The number of nitrogens with zero attached hydrogens (tertiary/aromatic N) is 14. The maximum Gasteiger partial charge on any atom is 0.130 e. The lowest BCUT2D eigenvalue weighted by atomic mass is 9.85. The smallest absolute Gasteiger partial charge is 0.130 e. The van der Waals surface area contributed by atoms with E-state index in [0.717, 1.165) is 209 Å². The average Bonchev–Trinajstić information content (AvgIpc) is 1.73. The van der Waals surface area contributed by atoms with Gasteiger partial charge in [0.25, 0.3) is 0 Å². The first-order chi connectivity index (χ1) is 59.8. The van der Waals surface area contributed by atoms with Crippen molar-refractivity contribution >= 4 is 138 Å². The summed E-state index contributed by atoms with van der Waals surface area (Å²) in [5.41, 5.74) is 42.5. The molecule has 12 N–H and O–H groups in total. The predicted octanol–water partition coefficient (Wildman–Crippen LogP) is 18.2. The highest BCUT2D eigenvalue weighted by Crippen LogP contribution is 2.45. The maximum absolute atomic E-state index is 9.06. The van der Waals surface area contributed by atoms with Gasteiger partial charge in [0.15, 0.2) is 0 Å². The number of aryl methyl sites for hydroxylation is 5. The fourth-order valence-electron chi connectivity index (χ4n) is 19.9. The number of para-hydroxylation sites is 1. The van der Waals surface area contributed by atoms with Crippen LogP contribution in [0.5, 0.6) is 0 Å². The number of hydrogen-bond donors (Lipinski definition) is 11. The first kappa shape index (κ1) is 73.1. The van der Waals surface area contributed by atoms with Crippen molar-refractivity contribution in [2.24, 2.45) is 10.7 Å². The normalized spacial score (nSPS) is 14.6. The minimum atomic E-state index is 0.0902. The first-order valence-corrected chi connectivity index (χ1v) is 42.4. The molecule has 13 aromatic heterocycles. The first-order valence-electron chi connectivity index (χ1n) is 42.4. The fourth-order valence-corrected chi connectivity index (χ4v) is 19.9. The summed E-state index contributed by atoms with van der Waals surface area (Å²) in [5, 5.41) is 84.4. The van der Waals surface area contributed by atoms with Crippen molar-refractivity contribution in [3.8, 4) is 45.2 Å². The Bertz CT molecular complexity index is 7510. The van der Waals surface area contributed by atoms with Crippen LogP contribution in [0.3, 0.4) is 0 Å². The Balaban J connectivity index is 0.0000000908. The summed E-state index contributed by atoms with van der Waals surface area (Å²) in [6.45, 7) is 1.35. The number of aliphatic imine (C=N–C) groups is 1. The summed E-state index contributed by atoms with van der Waals surface area (Å²) >= 11 is 0. The van der Waals surface area contributed by atoms with Crippen LogP contribution in [0.4, 0.5) is 5.82 Å². The summed E-state index contributed by atoms with van der Waals surface area (Å²) in [5.74, 6) is 1.03. The second kappa shape index (κ2) is 30.9. The fraction of sp³-hybridized carbons (Fsp3) is 0.240. The van der Waals surface area contributed by atoms with Gasteiger partial charge in [0.1, 0.15) is 17.3 Å². The number of pyridine rings is 6. The van der Waals surface area contributed by atoms with Crippen molar-refractivity contribution in [3.63, 3.8) is 0 Å². The molecule has 26 rings (SSSR count). The Labute approximate surface area is 692 Å². The maximum atomic E-state index is 9.06. The molecule has 0 unspecified atom stereocenters. The number of amidine groups is 1. The number of rotatable bonds is 8. The molecule has 5 aliphatic carbocycles. The molecular weight excluding hydrogens is 1510 g/mol. The Kier molecular flexibility index (Phi) is 18.6. The molecule has 7 aromatic carbocycles. The quantitative estimate of drug-likeness (QED) is 0.0497.